The third-order valence-corrected chi connectivity index (χ3v) is 1.43. The molecule has 1 aromatic carbocycles. The molecule has 2 nitrogen and oxygen atoms in total. The van der Waals surface area contributed by atoms with Crippen LogP contribution in [0.2, 0.25) is 5.02 Å². The van der Waals surface area contributed by atoms with E-state index in [0.717, 1.165) is 0 Å². The normalized spacial score (nSPS) is 9.73. The first kappa shape index (κ1) is 8.30. The first-order valence-electron chi connectivity index (χ1n) is 3.04. The molecule has 0 fully saturated rings. The second-order valence-electron chi connectivity index (χ2n) is 1.96. The summed E-state index contributed by atoms with van der Waals surface area (Å²) >= 11 is 5.56. The number of hydrogen-bond acceptors (Lipinski definition) is 2. The van der Waals surface area contributed by atoms with Gasteiger partial charge in [0.1, 0.15) is 12.5 Å². The van der Waals surface area contributed by atoms with Crippen LogP contribution in [0.3, 0.4) is 0 Å². The summed E-state index contributed by atoms with van der Waals surface area (Å²) in [6.07, 6.45) is 0. The van der Waals surface area contributed by atoms with Crippen molar-refractivity contribution in [3.05, 3.63) is 29.0 Å². The Morgan fingerprint density at radius 2 is 2.27 bits per heavy atom. The van der Waals surface area contributed by atoms with Gasteiger partial charge >= 0.3 is 0 Å². The summed E-state index contributed by atoms with van der Waals surface area (Å²) in [6, 6.07) is 4.09. The summed E-state index contributed by atoms with van der Waals surface area (Å²) in [5.74, 6) is -0.427. The van der Waals surface area contributed by atoms with Gasteiger partial charge in [0, 0.05) is 5.02 Å². The van der Waals surface area contributed by atoms with Crippen molar-refractivity contribution >= 4 is 17.3 Å². The Bertz CT molecular complexity index is 254. The van der Waals surface area contributed by atoms with Crippen molar-refractivity contribution in [2.24, 2.45) is 0 Å². The maximum Gasteiger partial charge on any atom is 0.146 e. The Balaban J connectivity index is 2.93. The van der Waals surface area contributed by atoms with Crippen molar-refractivity contribution in [3.63, 3.8) is 0 Å². The van der Waals surface area contributed by atoms with Gasteiger partial charge in [0.25, 0.3) is 0 Å². The van der Waals surface area contributed by atoms with Crippen LogP contribution in [0, 0.1) is 5.82 Å². The van der Waals surface area contributed by atoms with Crippen LogP contribution in [0.25, 0.3) is 0 Å². The molecule has 1 rings (SSSR count). The second-order valence-corrected chi connectivity index (χ2v) is 2.40. The van der Waals surface area contributed by atoms with E-state index in [4.69, 9.17) is 16.7 Å². The molecule has 4 heteroatoms. The molecule has 0 aliphatic carbocycles. The van der Waals surface area contributed by atoms with E-state index in [1.54, 1.807) is 0 Å². The van der Waals surface area contributed by atoms with Crippen molar-refractivity contribution in [1.82, 2.24) is 0 Å². The zero-order valence-corrected chi connectivity index (χ0v) is 6.40. The molecule has 0 saturated carbocycles. The highest BCUT2D eigenvalue weighted by Crippen LogP contribution is 2.18. The van der Waals surface area contributed by atoms with Crippen molar-refractivity contribution in [2.45, 2.75) is 0 Å². The standard InChI is InChI=1S/C7H7ClFNO/c8-5-1-2-6(9)7(3-5)10-4-11/h1-3,10-11H,4H2. The molecule has 0 aromatic heterocycles. The quantitative estimate of drug-likeness (QED) is 0.673. The fourth-order valence-corrected chi connectivity index (χ4v) is 0.890. The third kappa shape index (κ3) is 2.06. The van der Waals surface area contributed by atoms with Gasteiger partial charge in [-0.25, -0.2) is 4.39 Å². The first-order chi connectivity index (χ1) is 5.24. The summed E-state index contributed by atoms with van der Waals surface area (Å²) in [6.45, 7) is -0.308. The lowest BCUT2D eigenvalue weighted by Gasteiger charge is -2.03. The number of rotatable bonds is 2. The fraction of sp³-hybridized carbons (Fsp3) is 0.143. The highest BCUT2D eigenvalue weighted by molar-refractivity contribution is 6.30. The average molecular weight is 176 g/mol. The highest BCUT2D eigenvalue weighted by Gasteiger charge is 1.99. The van der Waals surface area contributed by atoms with Crippen molar-refractivity contribution < 1.29 is 9.50 Å². The van der Waals surface area contributed by atoms with E-state index in [1.165, 1.54) is 18.2 Å². The van der Waals surface area contributed by atoms with Gasteiger partial charge in [-0.3, -0.25) is 0 Å². The summed E-state index contributed by atoms with van der Waals surface area (Å²) in [5, 5.41) is 11.3. The Hall–Kier alpha value is -0.800. The molecule has 0 amide bonds. The van der Waals surface area contributed by atoms with Gasteiger partial charge in [-0.2, -0.15) is 0 Å². The van der Waals surface area contributed by atoms with Gasteiger partial charge in [0.15, 0.2) is 0 Å². The number of aliphatic hydroxyl groups excluding tert-OH is 1. The summed E-state index contributed by atoms with van der Waals surface area (Å²) in [7, 11) is 0. The molecule has 1 aromatic rings. The SMILES string of the molecule is OCNc1cc(Cl)ccc1F. The number of halogens is 2. The molecular weight excluding hydrogens is 169 g/mol. The number of anilines is 1. The molecule has 0 aliphatic rings. The fourth-order valence-electron chi connectivity index (χ4n) is 0.718. The summed E-state index contributed by atoms with van der Waals surface area (Å²) in [4.78, 5) is 0. The van der Waals surface area contributed by atoms with E-state index >= 15 is 0 Å². The van der Waals surface area contributed by atoms with E-state index in [0.29, 0.717) is 5.02 Å². The van der Waals surface area contributed by atoms with Crippen LogP contribution in [0.15, 0.2) is 18.2 Å². The maximum absolute atomic E-state index is 12.7. The number of aliphatic hydroxyl groups is 1. The van der Waals surface area contributed by atoms with E-state index in [1.807, 2.05) is 0 Å². The van der Waals surface area contributed by atoms with Gasteiger partial charge in [0.2, 0.25) is 0 Å². The van der Waals surface area contributed by atoms with Crippen LogP contribution >= 0.6 is 11.6 Å². The molecule has 0 spiro atoms. The minimum atomic E-state index is -0.427. The average Bonchev–Trinajstić information content (AvgIpc) is 1.98. The minimum absolute atomic E-state index is 0.208. The van der Waals surface area contributed by atoms with Gasteiger partial charge < -0.3 is 10.4 Å². The Morgan fingerprint density at radius 1 is 1.55 bits per heavy atom. The summed E-state index contributed by atoms with van der Waals surface area (Å²) < 4.78 is 12.7. The highest BCUT2D eigenvalue weighted by atomic mass is 35.5. The number of hydrogen-bond donors (Lipinski definition) is 2. The second kappa shape index (κ2) is 3.55. The molecule has 11 heavy (non-hydrogen) atoms. The molecule has 0 unspecified atom stereocenters. The van der Waals surface area contributed by atoms with Crippen molar-refractivity contribution in [1.29, 1.82) is 0 Å². The van der Waals surface area contributed by atoms with Crippen LogP contribution in [-0.4, -0.2) is 11.8 Å². The molecule has 0 bridgehead atoms. The van der Waals surface area contributed by atoms with Crippen LogP contribution in [0.5, 0.6) is 0 Å². The Kier molecular flexibility index (Phi) is 2.68. The molecule has 60 valence electrons. The number of benzene rings is 1. The van der Waals surface area contributed by atoms with Crippen LogP contribution in [-0.2, 0) is 0 Å². The molecule has 0 heterocycles. The summed E-state index contributed by atoms with van der Waals surface area (Å²) in [5.41, 5.74) is 0.208. The van der Waals surface area contributed by atoms with E-state index in [-0.39, 0.29) is 12.4 Å². The Labute approximate surface area is 68.6 Å². The van der Waals surface area contributed by atoms with Gasteiger partial charge in [-0.15, -0.1) is 0 Å². The zero-order chi connectivity index (χ0) is 8.27. The minimum Gasteiger partial charge on any atom is -0.377 e. The van der Waals surface area contributed by atoms with Crippen LogP contribution < -0.4 is 5.32 Å². The lowest BCUT2D eigenvalue weighted by Crippen LogP contribution is -2.01. The third-order valence-electron chi connectivity index (χ3n) is 1.20. The van der Waals surface area contributed by atoms with Gasteiger partial charge in [-0.1, -0.05) is 11.6 Å². The van der Waals surface area contributed by atoms with Crippen LogP contribution in [0.1, 0.15) is 0 Å². The Morgan fingerprint density at radius 3 is 2.91 bits per heavy atom. The van der Waals surface area contributed by atoms with Gasteiger partial charge in [0.05, 0.1) is 5.69 Å². The van der Waals surface area contributed by atoms with Gasteiger partial charge in [-0.05, 0) is 18.2 Å². The van der Waals surface area contributed by atoms with E-state index in [9.17, 15) is 4.39 Å². The lowest BCUT2D eigenvalue weighted by molar-refractivity contribution is 0.325. The van der Waals surface area contributed by atoms with E-state index in [2.05, 4.69) is 5.32 Å². The molecule has 0 aliphatic heterocycles. The smallest absolute Gasteiger partial charge is 0.146 e. The molecule has 0 radical (unpaired) electrons. The zero-order valence-electron chi connectivity index (χ0n) is 5.64. The predicted octanol–water partition coefficient (Wildman–Crippen LogP) is 1.84. The monoisotopic (exact) mass is 175 g/mol. The topological polar surface area (TPSA) is 32.3 Å². The van der Waals surface area contributed by atoms with Crippen molar-refractivity contribution in [3.8, 4) is 0 Å². The maximum atomic E-state index is 12.7. The predicted molar refractivity (Wildman–Crippen MR) is 42.1 cm³/mol. The first-order valence-corrected chi connectivity index (χ1v) is 3.41. The molecule has 0 atom stereocenters. The molecule has 2 N–H and O–H groups in total. The van der Waals surface area contributed by atoms with E-state index < -0.39 is 5.82 Å². The molecule has 0 saturated heterocycles. The number of nitrogens with one attached hydrogen (secondary N) is 1. The van der Waals surface area contributed by atoms with Crippen LogP contribution in [0.4, 0.5) is 10.1 Å². The largest absolute Gasteiger partial charge is 0.377 e. The molecular formula is C7H7ClFNO. The lowest BCUT2D eigenvalue weighted by atomic mass is 10.3. The van der Waals surface area contributed by atoms with Crippen molar-refractivity contribution in [2.75, 3.05) is 12.0 Å².